The number of carbonyl (C=O) groups excluding carboxylic acids is 1. The second-order valence-corrected chi connectivity index (χ2v) is 10.8. The SMILES string of the molecule is CC(=O)O[C@H]1CC[C@@]2(C)C(=CCC3C2CC[C@]2(C)C(Br)=C(C=C(C#N)C#N)C[C@@H]32)C1. The van der Waals surface area contributed by atoms with Gasteiger partial charge in [0.2, 0.25) is 0 Å². The zero-order valence-electron chi connectivity index (χ0n) is 18.0. The summed E-state index contributed by atoms with van der Waals surface area (Å²) in [6, 6.07) is 4.02. The Morgan fingerprint density at radius 2 is 1.87 bits per heavy atom. The lowest BCUT2D eigenvalue weighted by Crippen LogP contribution is -2.50. The lowest BCUT2D eigenvalue weighted by atomic mass is 9.48. The van der Waals surface area contributed by atoms with Gasteiger partial charge in [0.25, 0.3) is 0 Å². The summed E-state index contributed by atoms with van der Waals surface area (Å²) in [6.45, 7) is 6.29. The monoisotopic (exact) mass is 468 g/mol. The number of rotatable bonds is 2. The zero-order valence-corrected chi connectivity index (χ0v) is 19.6. The van der Waals surface area contributed by atoms with Crippen LogP contribution in [0.2, 0.25) is 0 Å². The van der Waals surface area contributed by atoms with Gasteiger partial charge in [-0.3, -0.25) is 4.79 Å². The van der Waals surface area contributed by atoms with Gasteiger partial charge in [-0.1, -0.05) is 41.4 Å². The molecule has 2 saturated carbocycles. The molecule has 0 aromatic rings. The molecule has 0 aliphatic heterocycles. The average molecular weight is 469 g/mol. The molecule has 0 bridgehead atoms. The largest absolute Gasteiger partial charge is 0.462 e. The maximum atomic E-state index is 11.4. The van der Waals surface area contributed by atoms with Gasteiger partial charge < -0.3 is 4.74 Å². The Morgan fingerprint density at radius 1 is 1.17 bits per heavy atom. The normalized spacial score (nSPS) is 39.5. The molecule has 4 rings (SSSR count). The maximum absolute atomic E-state index is 11.4. The summed E-state index contributed by atoms with van der Waals surface area (Å²) in [5.41, 5.74) is 3.07. The standard InChI is InChI=1S/C25H29BrN2O2/c1-15(29)30-19-6-8-24(2)18(12-19)4-5-20-21(24)7-9-25(3)22(20)11-17(23(25)26)10-16(13-27)14-28/h4,10,19-22H,5-9,11-12H2,1-3H3/t19-,20?,21?,22-,24-,25-/m0/s1. The van der Waals surface area contributed by atoms with Gasteiger partial charge in [0.05, 0.1) is 0 Å². The number of hydrogen-bond donors (Lipinski definition) is 0. The van der Waals surface area contributed by atoms with Crippen molar-refractivity contribution < 1.29 is 9.53 Å². The number of nitriles is 2. The first-order chi connectivity index (χ1) is 14.2. The van der Waals surface area contributed by atoms with Crippen LogP contribution < -0.4 is 0 Å². The fourth-order valence-electron chi connectivity index (χ4n) is 7.01. The molecule has 0 saturated heterocycles. The second kappa shape index (κ2) is 7.69. The molecule has 6 atom stereocenters. The van der Waals surface area contributed by atoms with E-state index in [1.165, 1.54) is 23.4 Å². The minimum absolute atomic E-state index is 0.0293. The highest BCUT2D eigenvalue weighted by Gasteiger charge is 2.57. The Bertz CT molecular complexity index is 933. The maximum Gasteiger partial charge on any atom is 0.302 e. The van der Waals surface area contributed by atoms with Crippen LogP contribution in [0.1, 0.15) is 65.7 Å². The molecule has 30 heavy (non-hydrogen) atoms. The summed E-state index contributed by atoms with van der Waals surface area (Å²) in [6.07, 6.45) is 11.5. The summed E-state index contributed by atoms with van der Waals surface area (Å²) in [5.74, 6) is 1.59. The highest BCUT2D eigenvalue weighted by atomic mass is 79.9. The van der Waals surface area contributed by atoms with E-state index < -0.39 is 0 Å². The molecule has 4 nitrogen and oxygen atoms in total. The number of hydrogen-bond acceptors (Lipinski definition) is 4. The van der Waals surface area contributed by atoms with Gasteiger partial charge in [-0.15, -0.1) is 0 Å². The fourth-order valence-corrected chi connectivity index (χ4v) is 7.78. The highest BCUT2D eigenvalue weighted by Crippen LogP contribution is 2.67. The molecular formula is C25H29BrN2O2. The van der Waals surface area contributed by atoms with Gasteiger partial charge in [-0.25, -0.2) is 0 Å². The molecule has 0 aromatic heterocycles. The third-order valence-electron chi connectivity index (χ3n) is 8.56. The molecule has 0 N–H and O–H groups in total. The van der Waals surface area contributed by atoms with Crippen molar-refractivity contribution in [1.82, 2.24) is 0 Å². The molecule has 0 aromatic carbocycles. The van der Waals surface area contributed by atoms with Crippen LogP contribution in [0.5, 0.6) is 0 Å². The summed E-state index contributed by atoms with van der Waals surface area (Å²) >= 11 is 3.87. The minimum atomic E-state index is -0.178. The molecule has 2 fully saturated rings. The molecule has 5 heteroatoms. The first-order valence-electron chi connectivity index (χ1n) is 11.0. The molecule has 0 amide bonds. The van der Waals surface area contributed by atoms with Gasteiger partial charge in [-0.05, 0) is 73.3 Å². The van der Waals surface area contributed by atoms with Crippen molar-refractivity contribution in [2.75, 3.05) is 0 Å². The Hall–Kier alpha value is -1.85. The molecular weight excluding hydrogens is 440 g/mol. The summed E-state index contributed by atoms with van der Waals surface area (Å²) in [5, 5.41) is 18.4. The second-order valence-electron chi connectivity index (χ2n) is 10.0. The van der Waals surface area contributed by atoms with E-state index in [-0.39, 0.29) is 28.5 Å². The molecule has 0 heterocycles. The quantitative estimate of drug-likeness (QED) is 0.278. The van der Waals surface area contributed by atoms with Crippen LogP contribution in [0.15, 0.2) is 33.4 Å². The van der Waals surface area contributed by atoms with Crippen LogP contribution in [0.25, 0.3) is 0 Å². The number of ether oxygens (including phenoxy) is 1. The van der Waals surface area contributed by atoms with Crippen LogP contribution >= 0.6 is 15.9 Å². The van der Waals surface area contributed by atoms with Crippen LogP contribution in [-0.2, 0) is 9.53 Å². The number of esters is 1. The molecule has 4 aliphatic rings. The number of allylic oxidation sites excluding steroid dienone is 5. The minimum Gasteiger partial charge on any atom is -0.462 e. The summed E-state index contributed by atoms with van der Waals surface area (Å²) in [4.78, 5) is 11.4. The van der Waals surface area contributed by atoms with Crippen LogP contribution in [-0.4, -0.2) is 12.1 Å². The molecule has 0 radical (unpaired) electrons. The lowest BCUT2D eigenvalue weighted by molar-refractivity contribution is -0.148. The summed E-state index contributed by atoms with van der Waals surface area (Å²) in [7, 11) is 0. The highest BCUT2D eigenvalue weighted by molar-refractivity contribution is 9.11. The van der Waals surface area contributed by atoms with Crippen molar-refractivity contribution in [1.29, 1.82) is 10.5 Å². The number of nitrogens with zero attached hydrogens (tertiary/aromatic N) is 2. The van der Waals surface area contributed by atoms with Gasteiger partial charge in [-0.2, -0.15) is 10.5 Å². The first kappa shape index (κ1) is 21.4. The predicted molar refractivity (Wildman–Crippen MR) is 118 cm³/mol. The van der Waals surface area contributed by atoms with Crippen LogP contribution in [0.3, 0.4) is 0 Å². The summed E-state index contributed by atoms with van der Waals surface area (Å²) < 4.78 is 6.74. The molecule has 4 aliphatic carbocycles. The molecule has 158 valence electrons. The van der Waals surface area contributed by atoms with Gasteiger partial charge >= 0.3 is 5.97 Å². The van der Waals surface area contributed by atoms with Crippen molar-refractivity contribution in [3.8, 4) is 12.1 Å². The van der Waals surface area contributed by atoms with E-state index in [0.29, 0.717) is 17.8 Å². The van der Waals surface area contributed by atoms with Crippen molar-refractivity contribution in [2.24, 2.45) is 28.6 Å². The van der Waals surface area contributed by atoms with Crippen LogP contribution in [0.4, 0.5) is 0 Å². The van der Waals surface area contributed by atoms with Crippen molar-refractivity contribution >= 4 is 21.9 Å². The average Bonchev–Trinajstić information content (AvgIpc) is 2.96. The first-order valence-corrected chi connectivity index (χ1v) is 11.8. The van der Waals surface area contributed by atoms with E-state index in [0.717, 1.165) is 44.1 Å². The van der Waals surface area contributed by atoms with Crippen molar-refractivity contribution in [3.05, 3.63) is 33.4 Å². The molecule has 0 spiro atoms. The zero-order chi connectivity index (χ0) is 21.7. The molecule has 2 unspecified atom stereocenters. The van der Waals surface area contributed by atoms with Crippen molar-refractivity contribution in [2.45, 2.75) is 71.8 Å². The fraction of sp³-hybridized carbons (Fsp3) is 0.640. The predicted octanol–water partition coefficient (Wildman–Crippen LogP) is 6.11. The van der Waals surface area contributed by atoms with Crippen LogP contribution in [0, 0.1) is 51.2 Å². The van der Waals surface area contributed by atoms with E-state index >= 15 is 0 Å². The number of carbonyl (C=O) groups is 1. The van der Waals surface area contributed by atoms with Gasteiger partial charge in [0.1, 0.15) is 23.8 Å². The van der Waals surface area contributed by atoms with E-state index in [4.69, 9.17) is 4.74 Å². The van der Waals surface area contributed by atoms with Crippen molar-refractivity contribution in [3.63, 3.8) is 0 Å². The Labute approximate surface area is 187 Å². The Morgan fingerprint density at radius 3 is 2.53 bits per heavy atom. The van der Waals surface area contributed by atoms with E-state index in [1.54, 1.807) is 6.08 Å². The smallest absolute Gasteiger partial charge is 0.302 e. The Balaban J connectivity index is 1.61. The van der Waals surface area contributed by atoms with Gasteiger partial charge in [0.15, 0.2) is 0 Å². The van der Waals surface area contributed by atoms with Gasteiger partial charge in [0, 0.05) is 23.2 Å². The third-order valence-corrected chi connectivity index (χ3v) is 9.98. The van der Waals surface area contributed by atoms with E-state index in [1.807, 2.05) is 12.1 Å². The van der Waals surface area contributed by atoms with E-state index in [9.17, 15) is 15.3 Å². The lowest BCUT2D eigenvalue weighted by Gasteiger charge is -2.57. The topological polar surface area (TPSA) is 73.9 Å². The van der Waals surface area contributed by atoms with E-state index in [2.05, 4.69) is 35.9 Å². The Kier molecular flexibility index (Phi) is 5.48. The third kappa shape index (κ3) is 3.27. The number of fused-ring (bicyclic) bond motifs is 5. The number of halogens is 1.